The molecule has 1 aliphatic heterocycles. The monoisotopic (exact) mass is 331 g/mol. The number of hydrogen-bond acceptors (Lipinski definition) is 4. The second-order valence-electron chi connectivity index (χ2n) is 4.92. The molecule has 1 fully saturated rings. The van der Waals surface area contributed by atoms with Gasteiger partial charge in [0.05, 0.1) is 5.69 Å². The highest BCUT2D eigenvalue weighted by molar-refractivity contribution is 7.89. The summed E-state index contributed by atoms with van der Waals surface area (Å²) in [5.41, 5.74) is 5.78. The molecule has 0 atom stereocenters. The van der Waals surface area contributed by atoms with E-state index in [9.17, 15) is 13.2 Å². The van der Waals surface area contributed by atoms with Gasteiger partial charge in [-0.3, -0.25) is 4.79 Å². The topological polar surface area (TPSA) is 92.5 Å². The Morgan fingerprint density at radius 2 is 2.00 bits per heavy atom. The third kappa shape index (κ3) is 4.09. The van der Waals surface area contributed by atoms with Crippen LogP contribution in [0.5, 0.6) is 0 Å². The van der Waals surface area contributed by atoms with Crippen LogP contribution in [0.3, 0.4) is 0 Å². The molecule has 0 aromatic heterocycles. The average molecular weight is 332 g/mol. The second kappa shape index (κ2) is 6.64. The van der Waals surface area contributed by atoms with Crippen molar-refractivity contribution >= 4 is 33.2 Å². The third-order valence-electron chi connectivity index (χ3n) is 3.35. The van der Waals surface area contributed by atoms with Gasteiger partial charge in [0.25, 0.3) is 0 Å². The minimum Gasteiger partial charge on any atom is -0.398 e. The summed E-state index contributed by atoms with van der Waals surface area (Å²) >= 11 is 5.78. The minimum absolute atomic E-state index is 0.0331. The number of nitrogens with zero attached hydrogens (tertiary/aromatic N) is 1. The van der Waals surface area contributed by atoms with Crippen LogP contribution in [0.1, 0.15) is 19.3 Å². The van der Waals surface area contributed by atoms with Gasteiger partial charge in [-0.1, -0.05) is 11.6 Å². The van der Waals surface area contributed by atoms with Crippen molar-refractivity contribution in [2.75, 3.05) is 25.4 Å². The normalized spacial score (nSPS) is 15.4. The molecule has 0 unspecified atom stereocenters. The fourth-order valence-corrected chi connectivity index (χ4v) is 3.66. The molecule has 1 aromatic carbocycles. The van der Waals surface area contributed by atoms with Crippen molar-refractivity contribution in [3.8, 4) is 0 Å². The van der Waals surface area contributed by atoms with Crippen LogP contribution in [-0.4, -0.2) is 38.9 Å². The zero-order chi connectivity index (χ0) is 15.5. The molecule has 1 saturated heterocycles. The van der Waals surface area contributed by atoms with Crippen molar-refractivity contribution in [1.29, 1.82) is 0 Å². The van der Waals surface area contributed by atoms with E-state index in [1.165, 1.54) is 18.2 Å². The zero-order valence-electron chi connectivity index (χ0n) is 11.5. The first kappa shape index (κ1) is 16.1. The second-order valence-corrected chi connectivity index (χ2v) is 7.09. The smallest absolute Gasteiger partial charge is 0.242 e. The Labute approximate surface area is 129 Å². The van der Waals surface area contributed by atoms with Crippen LogP contribution >= 0.6 is 11.6 Å². The molecule has 1 heterocycles. The van der Waals surface area contributed by atoms with Crippen LogP contribution in [0, 0.1) is 0 Å². The lowest BCUT2D eigenvalue weighted by Crippen LogP contribution is -2.32. The molecular weight excluding hydrogens is 314 g/mol. The van der Waals surface area contributed by atoms with Gasteiger partial charge >= 0.3 is 0 Å². The molecule has 6 nitrogen and oxygen atoms in total. The summed E-state index contributed by atoms with van der Waals surface area (Å²) in [6.07, 6.45) is 2.16. The lowest BCUT2D eigenvalue weighted by atomic mass is 10.3. The van der Waals surface area contributed by atoms with Gasteiger partial charge in [0.15, 0.2) is 0 Å². The zero-order valence-corrected chi connectivity index (χ0v) is 13.1. The highest BCUT2D eigenvalue weighted by Gasteiger charge is 2.20. The van der Waals surface area contributed by atoms with Gasteiger partial charge in [0, 0.05) is 31.1 Å². The minimum atomic E-state index is -3.76. The van der Waals surface area contributed by atoms with Crippen molar-refractivity contribution in [3.05, 3.63) is 23.2 Å². The largest absolute Gasteiger partial charge is 0.398 e. The molecule has 21 heavy (non-hydrogen) atoms. The molecule has 3 N–H and O–H groups in total. The predicted molar refractivity (Wildman–Crippen MR) is 81.5 cm³/mol. The molecule has 1 aliphatic rings. The summed E-state index contributed by atoms with van der Waals surface area (Å²) in [6.45, 7) is 1.56. The van der Waals surface area contributed by atoms with Crippen LogP contribution < -0.4 is 10.5 Å². The van der Waals surface area contributed by atoms with Crippen molar-refractivity contribution in [3.63, 3.8) is 0 Å². The summed E-state index contributed by atoms with van der Waals surface area (Å²) in [6, 6.07) is 4.25. The number of carbonyl (C=O) groups is 1. The molecule has 0 bridgehead atoms. The van der Waals surface area contributed by atoms with Crippen molar-refractivity contribution in [2.24, 2.45) is 0 Å². The molecule has 116 valence electrons. The van der Waals surface area contributed by atoms with E-state index in [0.29, 0.717) is 0 Å². The molecule has 2 rings (SSSR count). The van der Waals surface area contributed by atoms with Gasteiger partial charge in [0.1, 0.15) is 4.90 Å². The fraction of sp³-hybridized carbons (Fsp3) is 0.462. The Kier molecular flexibility index (Phi) is 5.08. The highest BCUT2D eigenvalue weighted by atomic mass is 35.5. The maximum Gasteiger partial charge on any atom is 0.242 e. The van der Waals surface area contributed by atoms with Gasteiger partial charge in [-0.05, 0) is 31.0 Å². The number of amides is 1. The van der Waals surface area contributed by atoms with E-state index < -0.39 is 10.0 Å². The van der Waals surface area contributed by atoms with E-state index in [4.69, 9.17) is 17.3 Å². The van der Waals surface area contributed by atoms with Crippen molar-refractivity contribution in [1.82, 2.24) is 9.62 Å². The van der Waals surface area contributed by atoms with Gasteiger partial charge in [-0.25, -0.2) is 13.1 Å². The van der Waals surface area contributed by atoms with E-state index in [-0.39, 0.29) is 34.5 Å². The fourth-order valence-electron chi connectivity index (χ4n) is 2.24. The van der Waals surface area contributed by atoms with Gasteiger partial charge in [-0.15, -0.1) is 0 Å². The van der Waals surface area contributed by atoms with Gasteiger partial charge in [-0.2, -0.15) is 0 Å². The summed E-state index contributed by atoms with van der Waals surface area (Å²) < 4.78 is 26.7. The molecule has 1 amide bonds. The Bertz CT molecular complexity index is 628. The number of nitrogens with one attached hydrogen (secondary N) is 1. The number of nitrogens with two attached hydrogens (primary N) is 1. The molecule has 0 radical (unpaired) electrons. The number of anilines is 1. The number of halogens is 1. The maximum atomic E-state index is 12.1. The number of carbonyl (C=O) groups excluding carboxylic acids is 1. The van der Waals surface area contributed by atoms with Gasteiger partial charge < -0.3 is 10.6 Å². The summed E-state index contributed by atoms with van der Waals surface area (Å²) in [5, 5.41) is 0.290. The number of sulfonamides is 1. The highest BCUT2D eigenvalue weighted by Crippen LogP contribution is 2.22. The summed E-state index contributed by atoms with van der Waals surface area (Å²) in [4.78, 5) is 13.5. The van der Waals surface area contributed by atoms with Crippen molar-refractivity contribution < 1.29 is 13.2 Å². The number of rotatable bonds is 5. The van der Waals surface area contributed by atoms with Gasteiger partial charge in [0.2, 0.25) is 15.9 Å². The molecule has 1 aromatic rings. The standard InChI is InChI=1S/C13H18ClN3O3S/c14-10-3-4-11(15)12(9-10)21(19,20)16-6-5-13(18)17-7-1-2-8-17/h3-4,9,16H,1-2,5-8,15H2. The van der Waals surface area contributed by atoms with Crippen LogP contribution in [0.2, 0.25) is 5.02 Å². The lowest BCUT2D eigenvalue weighted by molar-refractivity contribution is -0.129. The quantitative estimate of drug-likeness (QED) is 0.793. The van der Waals surface area contributed by atoms with E-state index in [0.717, 1.165) is 25.9 Å². The van der Waals surface area contributed by atoms with Crippen LogP contribution in [-0.2, 0) is 14.8 Å². The first-order valence-electron chi connectivity index (χ1n) is 6.72. The number of benzene rings is 1. The Morgan fingerprint density at radius 1 is 1.33 bits per heavy atom. The number of hydrogen-bond donors (Lipinski definition) is 2. The summed E-state index contributed by atoms with van der Waals surface area (Å²) in [5.74, 6) is -0.0331. The molecule has 0 saturated carbocycles. The number of nitrogen functional groups attached to an aromatic ring is 1. The maximum absolute atomic E-state index is 12.1. The number of likely N-dealkylation sites (tertiary alicyclic amines) is 1. The molecule has 0 aliphatic carbocycles. The lowest BCUT2D eigenvalue weighted by Gasteiger charge is -2.15. The van der Waals surface area contributed by atoms with E-state index in [1.54, 1.807) is 4.90 Å². The van der Waals surface area contributed by atoms with Crippen molar-refractivity contribution in [2.45, 2.75) is 24.2 Å². The average Bonchev–Trinajstić information content (AvgIpc) is 2.95. The molecule has 8 heteroatoms. The predicted octanol–water partition coefficient (Wildman–Crippen LogP) is 1.21. The van der Waals surface area contributed by atoms with Crippen LogP contribution in [0.25, 0.3) is 0 Å². The third-order valence-corrected chi connectivity index (χ3v) is 5.11. The van der Waals surface area contributed by atoms with E-state index in [1.807, 2.05) is 0 Å². The summed E-state index contributed by atoms with van der Waals surface area (Å²) in [7, 11) is -3.76. The Morgan fingerprint density at radius 3 is 2.67 bits per heavy atom. The molecular formula is C13H18ClN3O3S. The van der Waals surface area contributed by atoms with Crippen LogP contribution in [0.15, 0.2) is 23.1 Å². The Balaban J connectivity index is 1.95. The van der Waals surface area contributed by atoms with E-state index in [2.05, 4.69) is 4.72 Å². The van der Waals surface area contributed by atoms with Crippen LogP contribution in [0.4, 0.5) is 5.69 Å². The first-order chi connectivity index (χ1) is 9.90. The van der Waals surface area contributed by atoms with E-state index >= 15 is 0 Å². The first-order valence-corrected chi connectivity index (χ1v) is 8.59. The molecule has 0 spiro atoms. The Hall–Kier alpha value is -1.31. The SMILES string of the molecule is Nc1ccc(Cl)cc1S(=O)(=O)NCCC(=O)N1CCCC1.